The predicted octanol–water partition coefficient (Wildman–Crippen LogP) is 3.13. The smallest absolute Gasteiger partial charge is 0.262 e. The lowest BCUT2D eigenvalue weighted by molar-refractivity contribution is -0.00510. The number of morpholine rings is 1. The Bertz CT molecular complexity index is 1160. The highest BCUT2D eigenvalue weighted by molar-refractivity contribution is 7.89. The standard InChI is InChI=1S/C21H23ClN4O3S/c1-15-9-16(10-17-5-3-4-6-18(17)22)11-19(24-15)20-12-26(7-8-29-20)30(27,28)21-13-25(2)14-23-21/h3-6,9,11,13-14,20H,7-8,10,12H2,1-2H3/t20-/m1/s1. The van der Waals surface area contributed by atoms with Gasteiger partial charge in [0.15, 0.2) is 5.03 Å². The van der Waals surface area contributed by atoms with E-state index in [0.717, 1.165) is 27.5 Å². The summed E-state index contributed by atoms with van der Waals surface area (Å²) in [6.07, 6.45) is 3.21. The molecule has 4 rings (SSSR count). The molecule has 1 fully saturated rings. The van der Waals surface area contributed by atoms with E-state index in [-0.39, 0.29) is 18.1 Å². The number of pyridine rings is 1. The summed E-state index contributed by atoms with van der Waals surface area (Å²) in [6, 6.07) is 11.7. The van der Waals surface area contributed by atoms with E-state index in [1.807, 2.05) is 43.3 Å². The highest BCUT2D eigenvalue weighted by Gasteiger charge is 2.33. The van der Waals surface area contributed by atoms with Gasteiger partial charge in [0, 0.05) is 37.1 Å². The van der Waals surface area contributed by atoms with Crippen molar-refractivity contribution in [2.24, 2.45) is 7.05 Å². The fraction of sp³-hybridized carbons (Fsp3) is 0.333. The molecule has 1 saturated heterocycles. The maximum atomic E-state index is 12.9. The second-order valence-electron chi connectivity index (χ2n) is 7.41. The van der Waals surface area contributed by atoms with Crippen LogP contribution in [0.1, 0.15) is 28.6 Å². The molecule has 0 amide bonds. The van der Waals surface area contributed by atoms with E-state index in [4.69, 9.17) is 16.3 Å². The number of hydrogen-bond donors (Lipinski definition) is 0. The van der Waals surface area contributed by atoms with Crippen LogP contribution in [0.4, 0.5) is 0 Å². The number of rotatable bonds is 5. The van der Waals surface area contributed by atoms with E-state index in [9.17, 15) is 8.42 Å². The topological polar surface area (TPSA) is 77.3 Å². The van der Waals surface area contributed by atoms with Crippen LogP contribution < -0.4 is 0 Å². The summed E-state index contributed by atoms with van der Waals surface area (Å²) in [4.78, 5) is 8.62. The van der Waals surface area contributed by atoms with Crippen molar-refractivity contribution >= 4 is 21.6 Å². The van der Waals surface area contributed by atoms with Crippen molar-refractivity contribution in [3.05, 3.63) is 76.5 Å². The number of aryl methyl sites for hydroxylation is 2. The van der Waals surface area contributed by atoms with E-state index in [0.29, 0.717) is 13.0 Å². The first-order valence-corrected chi connectivity index (χ1v) is 11.5. The molecule has 3 heterocycles. The van der Waals surface area contributed by atoms with Crippen LogP contribution in [-0.4, -0.2) is 47.0 Å². The van der Waals surface area contributed by atoms with E-state index < -0.39 is 16.1 Å². The molecular weight excluding hydrogens is 424 g/mol. The van der Waals surface area contributed by atoms with Gasteiger partial charge in [-0.2, -0.15) is 4.31 Å². The Morgan fingerprint density at radius 1 is 1.27 bits per heavy atom. The lowest BCUT2D eigenvalue weighted by atomic mass is 10.0. The van der Waals surface area contributed by atoms with Crippen LogP contribution in [-0.2, 0) is 28.2 Å². The van der Waals surface area contributed by atoms with E-state index in [1.165, 1.54) is 16.8 Å². The molecule has 0 radical (unpaired) electrons. The molecule has 0 spiro atoms. The van der Waals surface area contributed by atoms with Gasteiger partial charge in [-0.3, -0.25) is 4.98 Å². The summed E-state index contributed by atoms with van der Waals surface area (Å²) >= 11 is 6.31. The molecule has 30 heavy (non-hydrogen) atoms. The molecule has 2 aromatic heterocycles. The average Bonchev–Trinajstić information content (AvgIpc) is 3.17. The van der Waals surface area contributed by atoms with Crippen LogP contribution in [0.2, 0.25) is 5.02 Å². The fourth-order valence-electron chi connectivity index (χ4n) is 3.57. The number of imidazole rings is 1. The lowest BCUT2D eigenvalue weighted by Gasteiger charge is -2.31. The quantitative estimate of drug-likeness (QED) is 0.601. The van der Waals surface area contributed by atoms with Crippen LogP contribution in [0.25, 0.3) is 0 Å². The molecule has 0 aliphatic carbocycles. The van der Waals surface area contributed by atoms with Gasteiger partial charge in [0.2, 0.25) is 0 Å². The SMILES string of the molecule is Cc1cc(Cc2ccccc2Cl)cc([C@H]2CN(S(=O)(=O)c3cn(C)cn3)CCO2)n1. The Kier molecular flexibility index (Phi) is 5.92. The minimum atomic E-state index is -3.68. The van der Waals surface area contributed by atoms with Crippen molar-refractivity contribution in [2.75, 3.05) is 19.7 Å². The Hall–Kier alpha value is -2.26. The zero-order valence-electron chi connectivity index (χ0n) is 16.8. The van der Waals surface area contributed by atoms with Gasteiger partial charge < -0.3 is 9.30 Å². The van der Waals surface area contributed by atoms with Crippen molar-refractivity contribution in [1.29, 1.82) is 0 Å². The lowest BCUT2D eigenvalue weighted by Crippen LogP contribution is -2.42. The number of ether oxygens (including phenoxy) is 1. The Morgan fingerprint density at radius 3 is 2.80 bits per heavy atom. The third kappa shape index (κ3) is 4.41. The van der Waals surface area contributed by atoms with Gasteiger partial charge in [-0.05, 0) is 42.7 Å². The Morgan fingerprint density at radius 2 is 2.07 bits per heavy atom. The number of benzene rings is 1. The second-order valence-corrected chi connectivity index (χ2v) is 9.70. The van der Waals surface area contributed by atoms with E-state index >= 15 is 0 Å². The van der Waals surface area contributed by atoms with Crippen LogP contribution >= 0.6 is 11.6 Å². The minimum Gasteiger partial charge on any atom is -0.369 e. The summed E-state index contributed by atoms with van der Waals surface area (Å²) in [5, 5.41) is 0.761. The molecule has 1 atom stereocenters. The van der Waals surface area contributed by atoms with Crippen molar-refractivity contribution in [3.63, 3.8) is 0 Å². The van der Waals surface area contributed by atoms with Crippen LogP contribution in [0, 0.1) is 6.92 Å². The first kappa shape index (κ1) is 21.0. The third-order valence-corrected chi connectivity index (χ3v) is 7.15. The zero-order valence-corrected chi connectivity index (χ0v) is 18.4. The number of halogens is 1. The van der Waals surface area contributed by atoms with Crippen molar-refractivity contribution < 1.29 is 13.2 Å². The van der Waals surface area contributed by atoms with Gasteiger partial charge in [0.1, 0.15) is 6.10 Å². The summed E-state index contributed by atoms with van der Waals surface area (Å²) in [5.41, 5.74) is 3.65. The molecule has 0 N–H and O–H groups in total. The molecule has 158 valence electrons. The second kappa shape index (κ2) is 8.47. The molecule has 1 aliphatic heterocycles. The summed E-state index contributed by atoms with van der Waals surface area (Å²) in [7, 11) is -1.94. The maximum absolute atomic E-state index is 12.9. The maximum Gasteiger partial charge on any atom is 0.262 e. The van der Waals surface area contributed by atoms with E-state index in [1.54, 1.807) is 11.6 Å². The van der Waals surface area contributed by atoms with Gasteiger partial charge in [-0.15, -0.1) is 0 Å². The predicted molar refractivity (Wildman–Crippen MR) is 114 cm³/mol. The molecule has 3 aromatic rings. The molecule has 9 heteroatoms. The molecule has 1 aliphatic rings. The number of sulfonamides is 1. The number of hydrogen-bond acceptors (Lipinski definition) is 5. The molecule has 7 nitrogen and oxygen atoms in total. The van der Waals surface area contributed by atoms with Crippen molar-refractivity contribution in [1.82, 2.24) is 18.8 Å². The molecule has 0 unspecified atom stereocenters. The average molecular weight is 447 g/mol. The van der Waals surface area contributed by atoms with Crippen LogP contribution in [0.3, 0.4) is 0 Å². The third-order valence-electron chi connectivity index (χ3n) is 5.03. The molecule has 0 saturated carbocycles. The van der Waals surface area contributed by atoms with Gasteiger partial charge in [0.25, 0.3) is 10.0 Å². The first-order chi connectivity index (χ1) is 14.3. The monoisotopic (exact) mass is 446 g/mol. The highest BCUT2D eigenvalue weighted by Crippen LogP contribution is 2.27. The molecular formula is C21H23ClN4O3S. The minimum absolute atomic E-state index is 0.0438. The van der Waals surface area contributed by atoms with Gasteiger partial charge in [0.05, 0.1) is 18.6 Å². The largest absolute Gasteiger partial charge is 0.369 e. The highest BCUT2D eigenvalue weighted by atomic mass is 35.5. The summed E-state index contributed by atoms with van der Waals surface area (Å²) in [5.74, 6) is 0. The van der Waals surface area contributed by atoms with Crippen LogP contribution in [0.5, 0.6) is 0 Å². The Balaban J connectivity index is 1.58. The zero-order chi connectivity index (χ0) is 21.3. The fourth-order valence-corrected chi connectivity index (χ4v) is 5.17. The first-order valence-electron chi connectivity index (χ1n) is 9.63. The van der Waals surface area contributed by atoms with Crippen molar-refractivity contribution in [2.45, 2.75) is 24.5 Å². The molecule has 0 bridgehead atoms. The molecule has 1 aromatic carbocycles. The van der Waals surface area contributed by atoms with Gasteiger partial charge in [-0.1, -0.05) is 29.8 Å². The van der Waals surface area contributed by atoms with Gasteiger partial charge in [-0.25, -0.2) is 13.4 Å². The van der Waals surface area contributed by atoms with Gasteiger partial charge >= 0.3 is 0 Å². The normalized spacial score (nSPS) is 17.9. The van der Waals surface area contributed by atoms with E-state index in [2.05, 4.69) is 9.97 Å². The number of nitrogens with zero attached hydrogens (tertiary/aromatic N) is 4. The summed E-state index contributed by atoms with van der Waals surface area (Å²) < 4.78 is 34.8. The number of aromatic nitrogens is 3. The van der Waals surface area contributed by atoms with Crippen molar-refractivity contribution in [3.8, 4) is 0 Å². The van der Waals surface area contributed by atoms with Crippen LogP contribution in [0.15, 0.2) is 53.9 Å². The Labute approximate surface area is 181 Å². The summed E-state index contributed by atoms with van der Waals surface area (Å²) in [6.45, 7) is 2.70.